The van der Waals surface area contributed by atoms with Gasteiger partial charge in [-0.25, -0.2) is 0 Å². The molecule has 19 heavy (non-hydrogen) atoms. The fraction of sp³-hybridized carbons (Fsp3) is 0.571. The van der Waals surface area contributed by atoms with E-state index in [4.69, 9.17) is 11.6 Å². The molecule has 0 N–H and O–H groups in total. The lowest BCUT2D eigenvalue weighted by Crippen LogP contribution is -2.26. The van der Waals surface area contributed by atoms with Gasteiger partial charge in [0, 0.05) is 29.7 Å². The van der Waals surface area contributed by atoms with E-state index in [1.54, 1.807) is 12.1 Å². The zero-order chi connectivity index (χ0) is 13.8. The molecule has 0 aliphatic heterocycles. The van der Waals surface area contributed by atoms with Crippen LogP contribution in [0.3, 0.4) is 0 Å². The van der Waals surface area contributed by atoms with Crippen molar-refractivity contribution < 1.29 is 4.92 Å². The Morgan fingerprint density at radius 3 is 2.79 bits per heavy atom. The van der Waals surface area contributed by atoms with Gasteiger partial charge in [-0.3, -0.25) is 15.0 Å². The Bertz CT molecular complexity index is 461. The first-order chi connectivity index (χ1) is 9.10. The van der Waals surface area contributed by atoms with E-state index in [2.05, 4.69) is 11.8 Å². The van der Waals surface area contributed by atoms with Crippen LogP contribution in [0.5, 0.6) is 0 Å². The highest BCUT2D eigenvalue weighted by atomic mass is 35.5. The van der Waals surface area contributed by atoms with Gasteiger partial charge in [-0.15, -0.1) is 0 Å². The summed E-state index contributed by atoms with van der Waals surface area (Å²) in [7, 11) is 0. The van der Waals surface area contributed by atoms with E-state index in [1.165, 1.54) is 18.9 Å². The number of benzene rings is 1. The maximum atomic E-state index is 11.1. The first-order valence-electron chi connectivity index (χ1n) is 6.75. The fourth-order valence-corrected chi connectivity index (χ4v) is 2.51. The van der Waals surface area contributed by atoms with Crippen molar-refractivity contribution in [2.75, 3.05) is 13.1 Å². The van der Waals surface area contributed by atoms with E-state index in [-0.39, 0.29) is 10.6 Å². The zero-order valence-electron chi connectivity index (χ0n) is 11.1. The van der Waals surface area contributed by atoms with Gasteiger partial charge in [0.2, 0.25) is 0 Å². The third-order valence-corrected chi connectivity index (χ3v) is 3.62. The molecular weight excluding hydrogens is 264 g/mol. The Balaban J connectivity index is 2.13. The van der Waals surface area contributed by atoms with Crippen molar-refractivity contribution in [3.05, 3.63) is 38.9 Å². The summed E-state index contributed by atoms with van der Waals surface area (Å²) in [5.41, 5.74) is 0.882. The van der Waals surface area contributed by atoms with E-state index < -0.39 is 0 Å². The summed E-state index contributed by atoms with van der Waals surface area (Å²) in [4.78, 5) is 13.0. The molecule has 0 bridgehead atoms. The van der Waals surface area contributed by atoms with E-state index in [1.807, 2.05) is 0 Å². The molecule has 1 aliphatic carbocycles. The summed E-state index contributed by atoms with van der Waals surface area (Å²) in [5.74, 6) is 0.782. The van der Waals surface area contributed by atoms with E-state index >= 15 is 0 Å². The minimum Gasteiger partial charge on any atom is -0.299 e. The molecule has 104 valence electrons. The lowest BCUT2D eigenvalue weighted by Gasteiger charge is -2.21. The standard InChI is InChI=1S/C14H19ClN2O2/c1-2-7-16(9-11-3-4-11)10-12-8-13(15)5-6-14(12)17(18)19/h5-6,8,11H,2-4,7,9-10H2,1H3. The summed E-state index contributed by atoms with van der Waals surface area (Å²) in [5, 5.41) is 11.6. The van der Waals surface area contributed by atoms with Gasteiger partial charge < -0.3 is 0 Å². The average Bonchev–Trinajstić information content (AvgIpc) is 3.13. The maximum Gasteiger partial charge on any atom is 0.273 e. The molecule has 1 saturated carbocycles. The van der Waals surface area contributed by atoms with Gasteiger partial charge in [0.25, 0.3) is 5.69 Å². The second-order valence-corrected chi connectivity index (χ2v) is 5.65. The molecule has 0 spiro atoms. The lowest BCUT2D eigenvalue weighted by molar-refractivity contribution is -0.385. The molecule has 0 unspecified atom stereocenters. The molecule has 1 aromatic carbocycles. The van der Waals surface area contributed by atoms with Crippen LogP contribution in [0.2, 0.25) is 5.02 Å². The Kier molecular flexibility index (Phi) is 4.77. The zero-order valence-corrected chi connectivity index (χ0v) is 11.9. The molecule has 0 atom stereocenters. The molecule has 5 heteroatoms. The summed E-state index contributed by atoms with van der Waals surface area (Å²) in [6, 6.07) is 4.79. The average molecular weight is 283 g/mol. The second kappa shape index (κ2) is 6.35. The monoisotopic (exact) mass is 282 g/mol. The molecular formula is C14H19ClN2O2. The first kappa shape index (κ1) is 14.3. The van der Waals surface area contributed by atoms with E-state index in [0.717, 1.165) is 25.4 Å². The van der Waals surface area contributed by atoms with Crippen molar-refractivity contribution in [1.82, 2.24) is 4.90 Å². The third-order valence-electron chi connectivity index (χ3n) is 3.39. The minimum absolute atomic E-state index is 0.168. The third kappa shape index (κ3) is 4.18. The van der Waals surface area contributed by atoms with Gasteiger partial charge in [0.05, 0.1) is 4.92 Å². The Morgan fingerprint density at radius 2 is 2.21 bits per heavy atom. The van der Waals surface area contributed by atoms with Crippen LogP contribution in [-0.2, 0) is 6.54 Å². The molecule has 2 rings (SSSR count). The van der Waals surface area contributed by atoms with Gasteiger partial charge >= 0.3 is 0 Å². The molecule has 1 fully saturated rings. The van der Waals surface area contributed by atoms with Crippen molar-refractivity contribution in [1.29, 1.82) is 0 Å². The van der Waals surface area contributed by atoms with E-state index in [0.29, 0.717) is 17.1 Å². The Labute approximate surface area is 118 Å². The predicted octanol–water partition coefficient (Wildman–Crippen LogP) is 3.87. The summed E-state index contributed by atoms with van der Waals surface area (Å²) < 4.78 is 0. The minimum atomic E-state index is -0.326. The summed E-state index contributed by atoms with van der Waals surface area (Å²) in [6.45, 7) is 4.76. The largest absolute Gasteiger partial charge is 0.299 e. The molecule has 0 amide bonds. The number of hydrogen-bond acceptors (Lipinski definition) is 3. The van der Waals surface area contributed by atoms with Crippen LogP contribution in [0.25, 0.3) is 0 Å². The Morgan fingerprint density at radius 1 is 1.47 bits per heavy atom. The number of hydrogen-bond donors (Lipinski definition) is 0. The molecule has 0 aromatic heterocycles. The summed E-state index contributed by atoms with van der Waals surface area (Å²) in [6.07, 6.45) is 3.64. The van der Waals surface area contributed by atoms with Gasteiger partial charge in [-0.1, -0.05) is 18.5 Å². The number of halogens is 1. The Hall–Kier alpha value is -1.13. The maximum absolute atomic E-state index is 11.1. The topological polar surface area (TPSA) is 46.4 Å². The van der Waals surface area contributed by atoms with Crippen molar-refractivity contribution in [3.8, 4) is 0 Å². The molecule has 0 radical (unpaired) electrons. The number of nitrogens with zero attached hydrogens (tertiary/aromatic N) is 2. The van der Waals surface area contributed by atoms with Gasteiger partial charge in [0.15, 0.2) is 0 Å². The molecule has 1 aliphatic rings. The van der Waals surface area contributed by atoms with Crippen LogP contribution in [0, 0.1) is 16.0 Å². The normalized spacial score (nSPS) is 14.9. The number of nitro benzene ring substituents is 1. The fourth-order valence-electron chi connectivity index (χ4n) is 2.32. The quantitative estimate of drug-likeness (QED) is 0.563. The van der Waals surface area contributed by atoms with Gasteiger partial charge in [-0.05, 0) is 43.9 Å². The second-order valence-electron chi connectivity index (χ2n) is 5.21. The SMILES string of the molecule is CCCN(Cc1cc(Cl)ccc1[N+](=O)[O-])CC1CC1. The molecule has 1 aromatic rings. The highest BCUT2D eigenvalue weighted by molar-refractivity contribution is 6.30. The number of nitro groups is 1. The predicted molar refractivity (Wildman–Crippen MR) is 76.4 cm³/mol. The molecule has 0 saturated heterocycles. The highest BCUT2D eigenvalue weighted by Gasteiger charge is 2.25. The van der Waals surface area contributed by atoms with Crippen molar-refractivity contribution in [3.63, 3.8) is 0 Å². The number of rotatable bonds is 7. The lowest BCUT2D eigenvalue weighted by atomic mass is 10.1. The smallest absolute Gasteiger partial charge is 0.273 e. The van der Waals surface area contributed by atoms with Crippen LogP contribution in [0.1, 0.15) is 31.7 Å². The van der Waals surface area contributed by atoms with E-state index in [9.17, 15) is 10.1 Å². The van der Waals surface area contributed by atoms with Crippen molar-refractivity contribution in [2.45, 2.75) is 32.7 Å². The van der Waals surface area contributed by atoms with Crippen LogP contribution in [0.15, 0.2) is 18.2 Å². The van der Waals surface area contributed by atoms with Crippen LogP contribution < -0.4 is 0 Å². The van der Waals surface area contributed by atoms with Gasteiger partial charge in [0.1, 0.15) is 0 Å². The van der Waals surface area contributed by atoms with Crippen LogP contribution in [-0.4, -0.2) is 22.9 Å². The summed E-state index contributed by atoms with van der Waals surface area (Å²) >= 11 is 5.96. The van der Waals surface area contributed by atoms with Crippen LogP contribution in [0.4, 0.5) is 5.69 Å². The molecule has 0 heterocycles. The van der Waals surface area contributed by atoms with Crippen LogP contribution >= 0.6 is 11.6 Å². The van der Waals surface area contributed by atoms with Gasteiger partial charge in [-0.2, -0.15) is 0 Å². The van der Waals surface area contributed by atoms with Crippen molar-refractivity contribution >= 4 is 17.3 Å². The first-order valence-corrected chi connectivity index (χ1v) is 7.13. The van der Waals surface area contributed by atoms with Crippen molar-refractivity contribution in [2.24, 2.45) is 5.92 Å². The highest BCUT2D eigenvalue weighted by Crippen LogP contribution is 2.31. The molecule has 4 nitrogen and oxygen atoms in total.